The van der Waals surface area contributed by atoms with Crippen molar-refractivity contribution in [3.8, 4) is 11.4 Å². The summed E-state index contributed by atoms with van der Waals surface area (Å²) >= 11 is 5.86. The van der Waals surface area contributed by atoms with Gasteiger partial charge in [0.25, 0.3) is 5.56 Å². The summed E-state index contributed by atoms with van der Waals surface area (Å²) in [6, 6.07) is 22.9. The molecule has 204 valence electrons. The average Bonchev–Trinajstić information content (AvgIpc) is 3.70. The van der Waals surface area contributed by atoms with Gasteiger partial charge in [0, 0.05) is 41.6 Å². The third-order valence-electron chi connectivity index (χ3n) is 6.72. The largest absolute Gasteiger partial charge is 0.489 e. The van der Waals surface area contributed by atoms with E-state index < -0.39 is 40.9 Å². The number of anilines is 2. The minimum atomic E-state index is -0.817. The van der Waals surface area contributed by atoms with Crippen LogP contribution in [0.2, 0.25) is 5.02 Å². The number of hydrogen-bond donors (Lipinski definition) is 3. The van der Waals surface area contributed by atoms with Crippen LogP contribution in [0.5, 0.6) is 5.75 Å². The molecule has 1 heterocycles. The number of aromatic nitrogens is 1. The van der Waals surface area contributed by atoms with E-state index in [0.29, 0.717) is 23.1 Å². The minimum Gasteiger partial charge on any atom is -0.489 e. The lowest BCUT2D eigenvalue weighted by Gasteiger charge is -2.11. The quantitative estimate of drug-likeness (QED) is 0.276. The first-order chi connectivity index (χ1) is 19.3. The van der Waals surface area contributed by atoms with Crippen LogP contribution < -0.4 is 20.9 Å². The monoisotopic (exact) mass is 561 g/mol. The molecular weight excluding hydrogens is 537 g/mol. The van der Waals surface area contributed by atoms with Crippen molar-refractivity contribution in [1.82, 2.24) is 4.57 Å². The number of halogens is 2. The SMILES string of the molecule is O=C(Nc1ccc(-n2ccc(OCc3ccccc3)cc2=O)cc1F)[C@@H]1[C@@H](CO)[C@@H]1C(=O)Nc1ccc(Cl)cc1. The molecule has 40 heavy (non-hydrogen) atoms. The number of rotatable bonds is 9. The fourth-order valence-electron chi connectivity index (χ4n) is 4.55. The topological polar surface area (TPSA) is 110 Å². The van der Waals surface area contributed by atoms with E-state index in [1.807, 2.05) is 30.3 Å². The first-order valence-corrected chi connectivity index (χ1v) is 12.9. The van der Waals surface area contributed by atoms with E-state index >= 15 is 0 Å². The molecule has 5 rings (SSSR count). The Hall–Kier alpha value is -4.47. The molecule has 1 fully saturated rings. The first-order valence-electron chi connectivity index (χ1n) is 12.5. The number of amides is 2. The third kappa shape index (κ3) is 6.06. The van der Waals surface area contributed by atoms with Crippen LogP contribution in [0, 0.1) is 23.6 Å². The van der Waals surface area contributed by atoms with Crippen molar-refractivity contribution < 1.29 is 23.8 Å². The zero-order valence-electron chi connectivity index (χ0n) is 21.1. The Labute approximate surface area is 234 Å². The summed E-state index contributed by atoms with van der Waals surface area (Å²) in [5.74, 6) is -3.55. The zero-order chi connectivity index (χ0) is 28.2. The summed E-state index contributed by atoms with van der Waals surface area (Å²) < 4.78 is 21.9. The Balaban J connectivity index is 1.23. The van der Waals surface area contributed by atoms with Crippen molar-refractivity contribution in [2.24, 2.45) is 17.8 Å². The van der Waals surface area contributed by atoms with Gasteiger partial charge in [0.05, 0.1) is 23.2 Å². The maximum atomic E-state index is 15.0. The van der Waals surface area contributed by atoms with Crippen molar-refractivity contribution in [3.05, 3.63) is 118 Å². The molecule has 1 aromatic heterocycles. The first kappa shape index (κ1) is 27.1. The van der Waals surface area contributed by atoms with Crippen molar-refractivity contribution in [3.63, 3.8) is 0 Å². The Bertz CT molecular complexity index is 1590. The molecule has 0 bridgehead atoms. The Morgan fingerprint density at radius 1 is 0.925 bits per heavy atom. The average molecular weight is 562 g/mol. The van der Waals surface area contributed by atoms with Gasteiger partial charge in [-0.25, -0.2) is 4.39 Å². The van der Waals surface area contributed by atoms with Gasteiger partial charge >= 0.3 is 0 Å². The van der Waals surface area contributed by atoms with Gasteiger partial charge in [-0.2, -0.15) is 0 Å². The van der Waals surface area contributed by atoms with Crippen LogP contribution in [0.1, 0.15) is 5.56 Å². The molecule has 2 amide bonds. The van der Waals surface area contributed by atoms with Gasteiger partial charge in [-0.3, -0.25) is 19.0 Å². The second-order valence-corrected chi connectivity index (χ2v) is 9.83. The minimum absolute atomic E-state index is 0.106. The molecule has 10 heteroatoms. The van der Waals surface area contributed by atoms with E-state index in [0.717, 1.165) is 11.6 Å². The van der Waals surface area contributed by atoms with Crippen molar-refractivity contribution >= 4 is 34.8 Å². The number of aliphatic hydroxyl groups excluding tert-OH is 1. The van der Waals surface area contributed by atoms with Crippen LogP contribution in [0.4, 0.5) is 15.8 Å². The molecule has 0 spiro atoms. The van der Waals surface area contributed by atoms with E-state index in [1.54, 1.807) is 30.3 Å². The second-order valence-electron chi connectivity index (χ2n) is 9.39. The molecule has 3 atom stereocenters. The van der Waals surface area contributed by atoms with E-state index in [9.17, 15) is 23.9 Å². The molecule has 0 radical (unpaired) electrons. The van der Waals surface area contributed by atoms with Gasteiger partial charge in [-0.1, -0.05) is 41.9 Å². The molecule has 1 aliphatic rings. The van der Waals surface area contributed by atoms with E-state index in [2.05, 4.69) is 10.6 Å². The van der Waals surface area contributed by atoms with Gasteiger partial charge in [-0.15, -0.1) is 0 Å². The Kier molecular flexibility index (Phi) is 7.95. The van der Waals surface area contributed by atoms with Gasteiger partial charge < -0.3 is 20.5 Å². The van der Waals surface area contributed by atoms with Gasteiger partial charge in [0.1, 0.15) is 18.2 Å². The Morgan fingerprint density at radius 2 is 1.62 bits per heavy atom. The summed E-state index contributed by atoms with van der Waals surface area (Å²) in [5, 5.41) is 15.4. The molecule has 3 aromatic carbocycles. The highest BCUT2D eigenvalue weighted by molar-refractivity contribution is 6.30. The normalized spacial score (nSPS) is 17.6. The van der Waals surface area contributed by atoms with Crippen molar-refractivity contribution in [2.75, 3.05) is 17.2 Å². The molecule has 0 aliphatic heterocycles. The number of carbonyl (C=O) groups is 2. The fraction of sp³-hybridized carbons (Fsp3) is 0.167. The van der Waals surface area contributed by atoms with Crippen LogP contribution in [-0.4, -0.2) is 28.1 Å². The second kappa shape index (κ2) is 11.7. The van der Waals surface area contributed by atoms with E-state index in [-0.39, 0.29) is 18.0 Å². The number of nitrogens with zero attached hydrogens (tertiary/aromatic N) is 1. The smallest absolute Gasteiger partial charge is 0.258 e. The zero-order valence-corrected chi connectivity index (χ0v) is 21.8. The summed E-state index contributed by atoms with van der Waals surface area (Å²) in [6.07, 6.45) is 1.48. The maximum absolute atomic E-state index is 15.0. The predicted octanol–water partition coefficient (Wildman–Crippen LogP) is 4.64. The lowest BCUT2D eigenvalue weighted by Crippen LogP contribution is -2.21. The lowest BCUT2D eigenvalue weighted by molar-refractivity contribution is -0.122. The van der Waals surface area contributed by atoms with E-state index in [1.165, 1.54) is 29.0 Å². The standard InChI is InChI=1S/C30H25ClFN3O5/c31-19-6-8-20(9-7-19)33-29(38)27-23(16-36)28(27)30(39)34-25-11-10-21(14-24(25)32)35-13-12-22(15-26(35)37)40-17-18-4-2-1-3-5-18/h1-15,23,27-28,36H,16-17H2,(H,33,38)(H,34,39)/t23-,27-,28+/m0/s1. The number of ether oxygens (including phenoxy) is 1. The van der Waals surface area contributed by atoms with Crippen molar-refractivity contribution in [1.29, 1.82) is 0 Å². The molecular formula is C30H25ClFN3O5. The highest BCUT2D eigenvalue weighted by Crippen LogP contribution is 2.47. The third-order valence-corrected chi connectivity index (χ3v) is 6.98. The summed E-state index contributed by atoms with van der Waals surface area (Å²) in [6.45, 7) is -0.0682. The lowest BCUT2D eigenvalue weighted by atomic mass is 10.2. The van der Waals surface area contributed by atoms with Crippen LogP contribution in [0.25, 0.3) is 5.69 Å². The van der Waals surface area contributed by atoms with Crippen LogP contribution in [0.3, 0.4) is 0 Å². The predicted molar refractivity (Wildman–Crippen MR) is 149 cm³/mol. The summed E-state index contributed by atoms with van der Waals surface area (Å²) in [5.41, 5.74) is 1.20. The van der Waals surface area contributed by atoms with Gasteiger partial charge in [-0.05, 0) is 48.0 Å². The summed E-state index contributed by atoms with van der Waals surface area (Å²) in [7, 11) is 0. The van der Waals surface area contributed by atoms with Crippen molar-refractivity contribution in [2.45, 2.75) is 6.61 Å². The van der Waals surface area contributed by atoms with Gasteiger partial charge in [0.2, 0.25) is 11.8 Å². The maximum Gasteiger partial charge on any atom is 0.258 e. The Morgan fingerprint density at radius 3 is 2.27 bits per heavy atom. The number of aliphatic hydroxyl groups is 1. The number of nitrogens with one attached hydrogen (secondary N) is 2. The number of benzene rings is 3. The molecule has 1 saturated carbocycles. The summed E-state index contributed by atoms with van der Waals surface area (Å²) in [4.78, 5) is 38.2. The van der Waals surface area contributed by atoms with Crippen LogP contribution in [0.15, 0.2) is 95.9 Å². The van der Waals surface area contributed by atoms with Gasteiger partial charge in [0.15, 0.2) is 0 Å². The molecule has 0 unspecified atom stereocenters. The molecule has 4 aromatic rings. The molecule has 3 N–H and O–H groups in total. The highest BCUT2D eigenvalue weighted by Gasteiger charge is 2.58. The van der Waals surface area contributed by atoms with E-state index in [4.69, 9.17) is 16.3 Å². The highest BCUT2D eigenvalue weighted by atomic mass is 35.5. The molecule has 8 nitrogen and oxygen atoms in total. The molecule has 1 aliphatic carbocycles. The van der Waals surface area contributed by atoms with Crippen LogP contribution in [-0.2, 0) is 16.2 Å². The number of hydrogen-bond acceptors (Lipinski definition) is 5. The number of pyridine rings is 1. The number of carbonyl (C=O) groups excluding carboxylic acids is 2. The molecule has 0 saturated heterocycles. The fourth-order valence-corrected chi connectivity index (χ4v) is 4.68. The van der Waals surface area contributed by atoms with Crippen LogP contribution >= 0.6 is 11.6 Å².